The lowest BCUT2D eigenvalue weighted by Gasteiger charge is -2.22. The van der Waals surface area contributed by atoms with Crippen molar-refractivity contribution in [3.8, 4) is 0 Å². The van der Waals surface area contributed by atoms with Crippen LogP contribution in [0.4, 0.5) is 5.69 Å². The fourth-order valence-electron chi connectivity index (χ4n) is 2.88. The molecule has 0 saturated heterocycles. The molecule has 3 rings (SSSR count). The Morgan fingerprint density at radius 3 is 2.71 bits per heavy atom. The van der Waals surface area contributed by atoms with Gasteiger partial charge in [-0.3, -0.25) is 4.79 Å². The SMILES string of the molecule is C[C@H]1Cc2ccccc2N1C(=O)COC(=O)c1cccc(Cl)c1Cl. The average molecular weight is 364 g/mol. The monoisotopic (exact) mass is 363 g/mol. The second-order valence-corrected chi connectivity index (χ2v) is 6.41. The summed E-state index contributed by atoms with van der Waals surface area (Å²) in [6.07, 6.45) is 0.788. The third kappa shape index (κ3) is 3.12. The zero-order valence-electron chi connectivity index (χ0n) is 13.0. The molecule has 0 aliphatic carbocycles. The van der Waals surface area contributed by atoms with Gasteiger partial charge in [0, 0.05) is 11.7 Å². The lowest BCUT2D eigenvalue weighted by atomic mass is 10.1. The van der Waals surface area contributed by atoms with Crippen LogP contribution in [0.1, 0.15) is 22.8 Å². The molecule has 1 heterocycles. The van der Waals surface area contributed by atoms with Gasteiger partial charge >= 0.3 is 5.97 Å². The minimum Gasteiger partial charge on any atom is -0.452 e. The molecule has 4 nitrogen and oxygen atoms in total. The summed E-state index contributed by atoms with van der Waals surface area (Å²) < 4.78 is 5.13. The van der Waals surface area contributed by atoms with E-state index in [9.17, 15) is 9.59 Å². The molecule has 24 heavy (non-hydrogen) atoms. The first-order chi connectivity index (χ1) is 11.5. The third-order valence-electron chi connectivity index (χ3n) is 3.97. The van der Waals surface area contributed by atoms with Crippen LogP contribution in [-0.4, -0.2) is 24.5 Å². The second kappa shape index (κ2) is 6.83. The quantitative estimate of drug-likeness (QED) is 0.770. The number of fused-ring (bicyclic) bond motifs is 1. The molecule has 1 amide bonds. The molecule has 0 N–H and O–H groups in total. The first-order valence-electron chi connectivity index (χ1n) is 7.50. The van der Waals surface area contributed by atoms with Crippen LogP contribution in [0.2, 0.25) is 10.0 Å². The predicted octanol–water partition coefficient (Wildman–Crippen LogP) is 4.13. The van der Waals surface area contributed by atoms with Gasteiger partial charge in [-0.1, -0.05) is 47.5 Å². The molecule has 0 aromatic heterocycles. The molecule has 0 spiro atoms. The van der Waals surface area contributed by atoms with E-state index in [0.29, 0.717) is 0 Å². The minimum atomic E-state index is -0.670. The second-order valence-electron chi connectivity index (χ2n) is 5.62. The molecule has 2 aromatic carbocycles. The van der Waals surface area contributed by atoms with Crippen molar-refractivity contribution >= 4 is 40.8 Å². The van der Waals surface area contributed by atoms with Gasteiger partial charge in [-0.15, -0.1) is 0 Å². The van der Waals surface area contributed by atoms with Gasteiger partial charge in [0.1, 0.15) is 0 Å². The summed E-state index contributed by atoms with van der Waals surface area (Å²) >= 11 is 11.9. The summed E-state index contributed by atoms with van der Waals surface area (Å²) in [7, 11) is 0. The van der Waals surface area contributed by atoms with Crippen molar-refractivity contribution in [2.45, 2.75) is 19.4 Å². The standard InChI is InChI=1S/C18H15Cl2NO3/c1-11-9-12-5-2-3-8-15(12)21(11)16(22)10-24-18(23)13-6-4-7-14(19)17(13)20/h2-8,11H,9-10H2,1H3/t11-/m0/s1. The smallest absolute Gasteiger partial charge is 0.340 e. The zero-order valence-corrected chi connectivity index (χ0v) is 14.5. The van der Waals surface area contributed by atoms with Crippen molar-refractivity contribution in [3.63, 3.8) is 0 Å². The number of amides is 1. The van der Waals surface area contributed by atoms with E-state index in [1.165, 1.54) is 6.07 Å². The van der Waals surface area contributed by atoms with Crippen LogP contribution < -0.4 is 4.90 Å². The number of carbonyl (C=O) groups excluding carboxylic acids is 2. The summed E-state index contributed by atoms with van der Waals surface area (Å²) in [6, 6.07) is 12.4. The van der Waals surface area contributed by atoms with Crippen LogP contribution in [0, 0.1) is 0 Å². The molecule has 1 aliphatic heterocycles. The van der Waals surface area contributed by atoms with Gasteiger partial charge < -0.3 is 9.64 Å². The first-order valence-corrected chi connectivity index (χ1v) is 8.25. The van der Waals surface area contributed by atoms with Gasteiger partial charge in [-0.2, -0.15) is 0 Å². The van der Waals surface area contributed by atoms with Crippen LogP contribution >= 0.6 is 23.2 Å². The molecule has 0 fully saturated rings. The number of para-hydroxylation sites is 1. The van der Waals surface area contributed by atoms with Crippen LogP contribution in [0.5, 0.6) is 0 Å². The van der Waals surface area contributed by atoms with E-state index >= 15 is 0 Å². The van der Waals surface area contributed by atoms with Gasteiger partial charge in [0.25, 0.3) is 5.91 Å². The van der Waals surface area contributed by atoms with E-state index in [0.717, 1.165) is 17.7 Å². The molecule has 6 heteroatoms. The summed E-state index contributed by atoms with van der Waals surface area (Å²) in [5.74, 6) is -0.935. The molecule has 0 bridgehead atoms. The number of carbonyl (C=O) groups is 2. The van der Waals surface area contributed by atoms with E-state index in [1.807, 2.05) is 31.2 Å². The van der Waals surface area contributed by atoms with Crippen molar-refractivity contribution in [2.24, 2.45) is 0 Å². The van der Waals surface area contributed by atoms with Crippen LogP contribution in [0.3, 0.4) is 0 Å². The normalized spacial score (nSPS) is 16.0. The highest BCUT2D eigenvalue weighted by molar-refractivity contribution is 6.43. The zero-order chi connectivity index (χ0) is 17.3. The Kier molecular flexibility index (Phi) is 4.78. The van der Waals surface area contributed by atoms with Crippen LogP contribution in [0.15, 0.2) is 42.5 Å². The summed E-state index contributed by atoms with van der Waals surface area (Å²) in [4.78, 5) is 26.3. The predicted molar refractivity (Wildman–Crippen MR) is 93.8 cm³/mol. The number of hydrogen-bond donors (Lipinski definition) is 0. The molecule has 0 radical (unpaired) electrons. The Balaban J connectivity index is 1.70. The van der Waals surface area contributed by atoms with E-state index < -0.39 is 5.97 Å². The van der Waals surface area contributed by atoms with Crippen molar-refractivity contribution < 1.29 is 14.3 Å². The first kappa shape index (κ1) is 16.8. The Morgan fingerprint density at radius 1 is 1.17 bits per heavy atom. The minimum absolute atomic E-state index is 0.0309. The summed E-state index contributed by atoms with van der Waals surface area (Å²) in [5, 5.41) is 0.385. The Bertz CT molecular complexity index is 807. The maximum absolute atomic E-state index is 12.5. The molecule has 0 saturated carbocycles. The molecule has 1 atom stereocenters. The highest BCUT2D eigenvalue weighted by Gasteiger charge is 2.31. The molecule has 2 aromatic rings. The van der Waals surface area contributed by atoms with Gasteiger partial charge in [0.2, 0.25) is 0 Å². The maximum atomic E-state index is 12.5. The number of halogens is 2. The van der Waals surface area contributed by atoms with Crippen LogP contribution in [0.25, 0.3) is 0 Å². The lowest BCUT2D eigenvalue weighted by Crippen LogP contribution is -2.38. The van der Waals surface area contributed by atoms with Gasteiger partial charge in [-0.05, 0) is 37.1 Å². The van der Waals surface area contributed by atoms with E-state index in [1.54, 1.807) is 17.0 Å². The van der Waals surface area contributed by atoms with Crippen molar-refractivity contribution in [1.82, 2.24) is 0 Å². The van der Waals surface area contributed by atoms with Crippen molar-refractivity contribution in [1.29, 1.82) is 0 Å². The van der Waals surface area contributed by atoms with Crippen molar-refractivity contribution in [3.05, 3.63) is 63.6 Å². The van der Waals surface area contributed by atoms with Gasteiger partial charge in [-0.25, -0.2) is 4.79 Å². The summed E-state index contributed by atoms with van der Waals surface area (Å²) in [6.45, 7) is 1.62. The molecular formula is C18H15Cl2NO3. The Labute approximate surface area is 149 Å². The number of benzene rings is 2. The van der Waals surface area contributed by atoms with E-state index in [2.05, 4.69) is 0 Å². The van der Waals surface area contributed by atoms with E-state index in [-0.39, 0.29) is 34.2 Å². The fourth-order valence-corrected chi connectivity index (χ4v) is 3.26. The topological polar surface area (TPSA) is 46.6 Å². The summed E-state index contributed by atoms with van der Waals surface area (Å²) in [5.41, 5.74) is 2.13. The van der Waals surface area contributed by atoms with Crippen LogP contribution in [-0.2, 0) is 16.0 Å². The number of ether oxygens (including phenoxy) is 1. The number of anilines is 1. The van der Waals surface area contributed by atoms with E-state index in [4.69, 9.17) is 27.9 Å². The number of nitrogens with zero attached hydrogens (tertiary/aromatic N) is 1. The average Bonchev–Trinajstić information content (AvgIpc) is 2.90. The number of hydrogen-bond acceptors (Lipinski definition) is 3. The lowest BCUT2D eigenvalue weighted by molar-refractivity contribution is -0.122. The largest absolute Gasteiger partial charge is 0.452 e. The Morgan fingerprint density at radius 2 is 1.92 bits per heavy atom. The molecule has 124 valence electrons. The van der Waals surface area contributed by atoms with Crippen molar-refractivity contribution in [2.75, 3.05) is 11.5 Å². The third-order valence-corrected chi connectivity index (χ3v) is 4.79. The fraction of sp³-hybridized carbons (Fsp3) is 0.222. The molecule has 1 aliphatic rings. The highest BCUT2D eigenvalue weighted by atomic mass is 35.5. The maximum Gasteiger partial charge on any atom is 0.340 e. The molecular weight excluding hydrogens is 349 g/mol. The van der Waals surface area contributed by atoms with Gasteiger partial charge in [0.05, 0.1) is 15.6 Å². The van der Waals surface area contributed by atoms with Gasteiger partial charge in [0.15, 0.2) is 6.61 Å². The number of esters is 1. The number of rotatable bonds is 3. The Hall–Kier alpha value is -2.04. The molecule has 0 unspecified atom stereocenters. The highest BCUT2D eigenvalue weighted by Crippen LogP contribution is 2.32.